The van der Waals surface area contributed by atoms with Gasteiger partial charge < -0.3 is 14.5 Å². The van der Waals surface area contributed by atoms with Crippen molar-refractivity contribution in [1.82, 2.24) is 9.88 Å². The molecule has 3 aromatic rings. The second-order valence-corrected chi connectivity index (χ2v) is 5.95. The molecular formula is C17H14ClN3O6. The summed E-state index contributed by atoms with van der Waals surface area (Å²) in [6.07, 6.45) is 0. The SMILES string of the molecule is O=C(Cn1c(=O)oc2cc([N+](=O)[O-])ccc21)NCCOc1ccc(Cl)cc1. The lowest BCUT2D eigenvalue weighted by Crippen LogP contribution is -2.33. The van der Waals surface area contributed by atoms with Crippen molar-refractivity contribution in [2.45, 2.75) is 6.54 Å². The van der Waals surface area contributed by atoms with E-state index in [1.165, 1.54) is 12.1 Å². The van der Waals surface area contributed by atoms with E-state index in [1.807, 2.05) is 0 Å². The molecule has 0 atom stereocenters. The second-order valence-electron chi connectivity index (χ2n) is 5.52. The summed E-state index contributed by atoms with van der Waals surface area (Å²) >= 11 is 5.78. The third kappa shape index (κ3) is 4.45. The zero-order valence-corrected chi connectivity index (χ0v) is 14.6. The van der Waals surface area contributed by atoms with Gasteiger partial charge in [-0.2, -0.15) is 0 Å². The number of carbonyl (C=O) groups is 1. The fourth-order valence-corrected chi connectivity index (χ4v) is 2.53. The Balaban J connectivity index is 1.57. The third-order valence-electron chi connectivity index (χ3n) is 3.67. The minimum Gasteiger partial charge on any atom is -0.492 e. The van der Waals surface area contributed by atoms with Crippen molar-refractivity contribution in [3.05, 3.63) is 68.2 Å². The predicted octanol–water partition coefficient (Wildman–Crippen LogP) is 2.35. The first-order valence-corrected chi connectivity index (χ1v) is 8.24. The first kappa shape index (κ1) is 18.5. The van der Waals surface area contributed by atoms with Gasteiger partial charge in [0.25, 0.3) is 5.69 Å². The van der Waals surface area contributed by atoms with E-state index >= 15 is 0 Å². The Bertz CT molecular complexity index is 1040. The van der Waals surface area contributed by atoms with E-state index in [0.717, 1.165) is 10.6 Å². The zero-order valence-electron chi connectivity index (χ0n) is 13.9. The molecule has 10 heteroatoms. The highest BCUT2D eigenvalue weighted by Crippen LogP contribution is 2.20. The molecule has 0 aliphatic heterocycles. The van der Waals surface area contributed by atoms with E-state index in [1.54, 1.807) is 24.3 Å². The summed E-state index contributed by atoms with van der Waals surface area (Å²) in [7, 11) is 0. The van der Waals surface area contributed by atoms with Crippen LogP contribution in [0.2, 0.25) is 5.02 Å². The van der Waals surface area contributed by atoms with Crippen LogP contribution in [0.15, 0.2) is 51.7 Å². The summed E-state index contributed by atoms with van der Waals surface area (Å²) in [5, 5.41) is 14.0. The highest BCUT2D eigenvalue weighted by Gasteiger charge is 2.16. The van der Waals surface area contributed by atoms with Crippen molar-refractivity contribution >= 4 is 34.3 Å². The molecule has 0 spiro atoms. The standard InChI is InChI=1S/C17H14ClN3O6/c18-11-1-4-13(5-2-11)26-8-7-19-16(22)10-20-14-6-3-12(21(24)25)9-15(14)27-17(20)23/h1-6,9H,7-8,10H2,(H,19,22). The van der Waals surface area contributed by atoms with Crippen LogP contribution >= 0.6 is 11.6 Å². The number of hydrogen-bond donors (Lipinski definition) is 1. The number of hydrogen-bond acceptors (Lipinski definition) is 6. The number of nitro groups is 1. The van der Waals surface area contributed by atoms with Gasteiger partial charge in [-0.25, -0.2) is 4.79 Å². The summed E-state index contributed by atoms with van der Waals surface area (Å²) in [6, 6.07) is 10.6. The Labute approximate surface area is 157 Å². The largest absolute Gasteiger partial charge is 0.492 e. The van der Waals surface area contributed by atoms with Crippen LogP contribution in [-0.4, -0.2) is 28.5 Å². The first-order valence-electron chi connectivity index (χ1n) is 7.87. The highest BCUT2D eigenvalue weighted by molar-refractivity contribution is 6.30. The number of carbonyl (C=O) groups excluding carboxylic acids is 1. The summed E-state index contributed by atoms with van der Waals surface area (Å²) in [5.41, 5.74) is 0.151. The normalized spacial score (nSPS) is 10.7. The Kier molecular flexibility index (Phi) is 5.41. The molecule has 0 radical (unpaired) electrons. The van der Waals surface area contributed by atoms with Crippen LogP contribution in [0.5, 0.6) is 5.75 Å². The quantitative estimate of drug-likeness (QED) is 0.375. The zero-order chi connectivity index (χ0) is 19.4. The van der Waals surface area contributed by atoms with E-state index in [4.69, 9.17) is 20.8 Å². The third-order valence-corrected chi connectivity index (χ3v) is 3.92. The molecular weight excluding hydrogens is 378 g/mol. The number of halogens is 1. The number of oxazole rings is 1. The lowest BCUT2D eigenvalue weighted by molar-refractivity contribution is -0.384. The predicted molar refractivity (Wildman–Crippen MR) is 97.1 cm³/mol. The van der Waals surface area contributed by atoms with Crippen molar-refractivity contribution in [3.8, 4) is 5.75 Å². The maximum atomic E-state index is 12.0. The monoisotopic (exact) mass is 391 g/mol. The van der Waals surface area contributed by atoms with Gasteiger partial charge in [0.15, 0.2) is 5.58 Å². The van der Waals surface area contributed by atoms with Crippen LogP contribution in [0.3, 0.4) is 0 Å². The van der Waals surface area contributed by atoms with E-state index in [9.17, 15) is 19.7 Å². The van der Waals surface area contributed by atoms with Gasteiger partial charge in [-0.1, -0.05) is 11.6 Å². The number of fused-ring (bicyclic) bond motifs is 1. The van der Waals surface area contributed by atoms with Gasteiger partial charge in [-0.15, -0.1) is 0 Å². The molecule has 1 heterocycles. The molecule has 0 unspecified atom stereocenters. The van der Waals surface area contributed by atoms with Gasteiger partial charge in [0.1, 0.15) is 18.9 Å². The number of amides is 1. The van der Waals surface area contributed by atoms with E-state index in [2.05, 4.69) is 5.32 Å². The Morgan fingerprint density at radius 3 is 2.70 bits per heavy atom. The number of aromatic nitrogens is 1. The van der Waals surface area contributed by atoms with Gasteiger partial charge in [0, 0.05) is 11.1 Å². The Hall–Kier alpha value is -3.33. The smallest absolute Gasteiger partial charge is 0.420 e. The average molecular weight is 392 g/mol. The molecule has 3 rings (SSSR count). The van der Waals surface area contributed by atoms with E-state index < -0.39 is 16.6 Å². The topological polar surface area (TPSA) is 117 Å². The number of rotatable bonds is 7. The van der Waals surface area contributed by atoms with Gasteiger partial charge in [0.2, 0.25) is 5.91 Å². The Morgan fingerprint density at radius 1 is 1.26 bits per heavy atom. The van der Waals surface area contributed by atoms with Gasteiger partial charge in [-0.3, -0.25) is 19.5 Å². The van der Waals surface area contributed by atoms with Gasteiger partial charge >= 0.3 is 5.76 Å². The molecule has 0 aliphatic rings. The van der Waals surface area contributed by atoms with E-state index in [0.29, 0.717) is 16.3 Å². The number of nitro benzene ring substituents is 1. The van der Waals surface area contributed by atoms with Crippen molar-refractivity contribution in [2.24, 2.45) is 0 Å². The molecule has 27 heavy (non-hydrogen) atoms. The number of ether oxygens (including phenoxy) is 1. The number of benzene rings is 2. The summed E-state index contributed by atoms with van der Waals surface area (Å²) in [6.45, 7) is 0.197. The van der Waals surface area contributed by atoms with Crippen LogP contribution in [0.1, 0.15) is 0 Å². The second kappa shape index (κ2) is 7.92. The molecule has 9 nitrogen and oxygen atoms in total. The fourth-order valence-electron chi connectivity index (χ4n) is 2.41. The van der Waals surface area contributed by atoms with E-state index in [-0.39, 0.29) is 31.0 Å². The summed E-state index contributed by atoms with van der Waals surface area (Å²) in [4.78, 5) is 34.1. The highest BCUT2D eigenvalue weighted by atomic mass is 35.5. The maximum Gasteiger partial charge on any atom is 0.420 e. The molecule has 0 bridgehead atoms. The van der Waals surface area contributed by atoms with Crippen molar-refractivity contribution in [3.63, 3.8) is 0 Å². The number of non-ortho nitro benzene ring substituents is 1. The fraction of sp³-hybridized carbons (Fsp3) is 0.176. The number of nitrogens with zero attached hydrogens (tertiary/aromatic N) is 2. The van der Waals surface area contributed by atoms with Crippen LogP contribution in [0.25, 0.3) is 11.1 Å². The maximum absolute atomic E-state index is 12.0. The van der Waals surface area contributed by atoms with Crippen LogP contribution in [0, 0.1) is 10.1 Å². The first-order chi connectivity index (χ1) is 12.9. The Morgan fingerprint density at radius 2 is 2.00 bits per heavy atom. The van der Waals surface area contributed by atoms with Crippen molar-refractivity contribution < 1.29 is 18.9 Å². The summed E-state index contributed by atoms with van der Waals surface area (Å²) in [5.74, 6) is -0.566. The molecule has 0 aliphatic carbocycles. The molecule has 1 amide bonds. The molecule has 1 aromatic heterocycles. The van der Waals surface area contributed by atoms with Gasteiger partial charge in [-0.05, 0) is 30.3 Å². The van der Waals surface area contributed by atoms with Gasteiger partial charge in [0.05, 0.1) is 23.1 Å². The van der Waals surface area contributed by atoms with Crippen molar-refractivity contribution in [2.75, 3.05) is 13.2 Å². The molecule has 0 fully saturated rings. The van der Waals surface area contributed by atoms with Crippen LogP contribution < -0.4 is 15.8 Å². The van der Waals surface area contributed by atoms with Crippen molar-refractivity contribution in [1.29, 1.82) is 0 Å². The number of nitrogens with one attached hydrogen (secondary N) is 1. The average Bonchev–Trinajstić information content (AvgIpc) is 2.95. The molecule has 1 N–H and O–H groups in total. The lowest BCUT2D eigenvalue weighted by atomic mass is 10.3. The van der Waals surface area contributed by atoms with Crippen LogP contribution in [0.4, 0.5) is 5.69 Å². The minimum absolute atomic E-state index is 0.0491. The molecule has 140 valence electrons. The lowest BCUT2D eigenvalue weighted by Gasteiger charge is -2.08. The molecule has 0 saturated heterocycles. The molecule has 0 saturated carbocycles. The van der Waals surface area contributed by atoms with Crippen LogP contribution in [-0.2, 0) is 11.3 Å². The summed E-state index contributed by atoms with van der Waals surface area (Å²) < 4.78 is 11.5. The minimum atomic E-state index is -0.766. The molecule has 2 aromatic carbocycles.